The second kappa shape index (κ2) is 5.01. The Bertz CT molecular complexity index is 671. The first-order chi connectivity index (χ1) is 11.1. The van der Waals surface area contributed by atoms with Crippen LogP contribution >= 0.6 is 0 Å². The van der Waals surface area contributed by atoms with Crippen LogP contribution in [0.5, 0.6) is 0 Å². The van der Waals surface area contributed by atoms with Crippen LogP contribution in [0.4, 0.5) is 22.7 Å². The van der Waals surface area contributed by atoms with Crippen LogP contribution in [0.3, 0.4) is 0 Å². The maximum atomic E-state index is 4.32. The molecule has 2 aromatic heterocycles. The lowest BCUT2D eigenvalue weighted by molar-refractivity contribution is 0.592. The standard InChI is InChI=1S/C17H22N6/c1-12-20(3)14-5-7-18-9-16(14)22(12)11-23-13(2)21(4)15-6-8-19-10-17(15)23/h5-10,12-13H,11H2,1-4H3/t12-,13+. The van der Waals surface area contributed by atoms with Crippen molar-refractivity contribution in [3.63, 3.8) is 0 Å². The normalized spacial score (nSPS) is 22.6. The average Bonchev–Trinajstić information content (AvgIpc) is 2.97. The van der Waals surface area contributed by atoms with Crippen molar-refractivity contribution in [2.75, 3.05) is 40.4 Å². The van der Waals surface area contributed by atoms with Gasteiger partial charge in [-0.3, -0.25) is 9.97 Å². The Balaban J connectivity index is 1.69. The molecule has 0 aromatic carbocycles. The number of pyridine rings is 2. The highest BCUT2D eigenvalue weighted by Gasteiger charge is 2.36. The van der Waals surface area contributed by atoms with E-state index in [-0.39, 0.29) is 0 Å². The first-order valence-corrected chi connectivity index (χ1v) is 7.96. The molecule has 2 aliphatic heterocycles. The summed E-state index contributed by atoms with van der Waals surface area (Å²) in [5.41, 5.74) is 4.85. The summed E-state index contributed by atoms with van der Waals surface area (Å²) in [4.78, 5) is 18.0. The van der Waals surface area contributed by atoms with Gasteiger partial charge in [-0.2, -0.15) is 0 Å². The van der Waals surface area contributed by atoms with Gasteiger partial charge in [-0.1, -0.05) is 0 Å². The third kappa shape index (κ3) is 1.94. The lowest BCUT2D eigenvalue weighted by Crippen LogP contribution is -2.49. The van der Waals surface area contributed by atoms with Gasteiger partial charge in [-0.25, -0.2) is 0 Å². The molecule has 0 N–H and O–H groups in total. The van der Waals surface area contributed by atoms with Gasteiger partial charge in [0.05, 0.1) is 41.8 Å². The molecule has 0 bridgehead atoms. The van der Waals surface area contributed by atoms with Gasteiger partial charge in [0.1, 0.15) is 12.3 Å². The predicted molar refractivity (Wildman–Crippen MR) is 94.0 cm³/mol. The molecule has 0 saturated carbocycles. The molecular weight excluding hydrogens is 288 g/mol. The topological polar surface area (TPSA) is 38.7 Å². The lowest BCUT2D eigenvalue weighted by atomic mass is 10.3. The van der Waals surface area contributed by atoms with Gasteiger partial charge >= 0.3 is 0 Å². The summed E-state index contributed by atoms with van der Waals surface area (Å²) in [5.74, 6) is 0. The molecule has 2 aliphatic rings. The second-order valence-corrected chi connectivity index (χ2v) is 6.30. The number of aromatic nitrogens is 2. The van der Waals surface area contributed by atoms with Crippen LogP contribution in [0.25, 0.3) is 0 Å². The minimum absolute atomic E-state index is 0.299. The molecule has 120 valence electrons. The van der Waals surface area contributed by atoms with Crippen molar-refractivity contribution in [3.05, 3.63) is 36.9 Å². The molecule has 0 spiro atoms. The van der Waals surface area contributed by atoms with Crippen molar-refractivity contribution in [3.8, 4) is 0 Å². The Morgan fingerprint density at radius 3 is 1.65 bits per heavy atom. The van der Waals surface area contributed by atoms with E-state index in [4.69, 9.17) is 0 Å². The van der Waals surface area contributed by atoms with Crippen LogP contribution in [0, 0.1) is 0 Å². The largest absolute Gasteiger partial charge is 0.353 e. The van der Waals surface area contributed by atoms with Gasteiger partial charge in [0.25, 0.3) is 0 Å². The number of anilines is 4. The number of fused-ring (bicyclic) bond motifs is 2. The van der Waals surface area contributed by atoms with Crippen LogP contribution in [-0.2, 0) is 0 Å². The summed E-state index contributed by atoms with van der Waals surface area (Å²) in [6.07, 6.45) is 8.24. The third-order valence-corrected chi connectivity index (χ3v) is 5.26. The van der Waals surface area contributed by atoms with E-state index in [1.54, 1.807) is 0 Å². The average molecular weight is 310 g/mol. The zero-order valence-corrected chi connectivity index (χ0v) is 14.0. The Hall–Kier alpha value is -2.50. The molecule has 0 aliphatic carbocycles. The summed E-state index contributed by atoms with van der Waals surface area (Å²) < 4.78 is 0. The monoisotopic (exact) mass is 310 g/mol. The first-order valence-electron chi connectivity index (χ1n) is 7.96. The highest BCUT2D eigenvalue weighted by Crippen LogP contribution is 2.41. The quantitative estimate of drug-likeness (QED) is 0.848. The highest BCUT2D eigenvalue weighted by molar-refractivity contribution is 5.79. The predicted octanol–water partition coefficient (Wildman–Crippen LogP) is 2.34. The Morgan fingerprint density at radius 1 is 0.783 bits per heavy atom. The Kier molecular flexibility index (Phi) is 3.07. The van der Waals surface area contributed by atoms with E-state index in [9.17, 15) is 0 Å². The molecule has 6 heteroatoms. The number of hydrogen-bond acceptors (Lipinski definition) is 6. The zero-order valence-electron chi connectivity index (χ0n) is 14.0. The molecule has 4 heterocycles. The molecule has 0 unspecified atom stereocenters. The van der Waals surface area contributed by atoms with Crippen LogP contribution in [-0.4, -0.2) is 43.1 Å². The van der Waals surface area contributed by atoms with Gasteiger partial charge in [0.2, 0.25) is 0 Å². The van der Waals surface area contributed by atoms with Crippen molar-refractivity contribution in [2.24, 2.45) is 0 Å². The smallest absolute Gasteiger partial charge is 0.100 e. The SMILES string of the molecule is C[C@@H]1N(C)c2ccncc2N1CN1c2cnccc2N(C)[C@@H]1C. The van der Waals surface area contributed by atoms with Crippen molar-refractivity contribution in [1.29, 1.82) is 0 Å². The van der Waals surface area contributed by atoms with Crippen molar-refractivity contribution >= 4 is 22.7 Å². The number of nitrogens with zero attached hydrogens (tertiary/aromatic N) is 6. The van der Waals surface area contributed by atoms with E-state index in [0.717, 1.165) is 6.67 Å². The molecule has 4 rings (SSSR count). The van der Waals surface area contributed by atoms with Gasteiger partial charge in [-0.05, 0) is 26.0 Å². The van der Waals surface area contributed by atoms with Crippen LogP contribution in [0.1, 0.15) is 13.8 Å². The van der Waals surface area contributed by atoms with Crippen molar-refractivity contribution in [1.82, 2.24) is 9.97 Å². The molecule has 2 aromatic rings. The number of rotatable bonds is 2. The van der Waals surface area contributed by atoms with Gasteiger partial charge < -0.3 is 19.6 Å². The molecule has 23 heavy (non-hydrogen) atoms. The molecular formula is C17H22N6. The van der Waals surface area contributed by atoms with Gasteiger partial charge in [-0.15, -0.1) is 0 Å². The maximum absolute atomic E-state index is 4.32. The van der Waals surface area contributed by atoms with Crippen molar-refractivity contribution in [2.45, 2.75) is 26.2 Å². The van der Waals surface area contributed by atoms with E-state index in [2.05, 4.69) is 69.6 Å². The van der Waals surface area contributed by atoms with Crippen LogP contribution in [0.2, 0.25) is 0 Å². The van der Waals surface area contributed by atoms with E-state index < -0.39 is 0 Å². The fraction of sp³-hybridized carbons (Fsp3) is 0.412. The van der Waals surface area contributed by atoms with E-state index in [0.29, 0.717) is 12.3 Å². The summed E-state index contributed by atoms with van der Waals surface area (Å²) in [5, 5.41) is 0. The maximum Gasteiger partial charge on any atom is 0.100 e. The summed E-state index contributed by atoms with van der Waals surface area (Å²) >= 11 is 0. The molecule has 2 atom stereocenters. The molecule has 0 fully saturated rings. The third-order valence-electron chi connectivity index (χ3n) is 5.26. The Labute approximate surface area is 137 Å². The molecule has 0 radical (unpaired) electrons. The Morgan fingerprint density at radius 2 is 1.22 bits per heavy atom. The van der Waals surface area contributed by atoms with Crippen LogP contribution < -0.4 is 19.6 Å². The van der Waals surface area contributed by atoms with E-state index >= 15 is 0 Å². The van der Waals surface area contributed by atoms with E-state index in [1.807, 2.05) is 24.8 Å². The minimum Gasteiger partial charge on any atom is -0.353 e. The fourth-order valence-electron chi connectivity index (χ4n) is 3.57. The zero-order chi connectivity index (χ0) is 16.1. The lowest BCUT2D eigenvalue weighted by Gasteiger charge is -2.35. The molecule has 0 saturated heterocycles. The van der Waals surface area contributed by atoms with E-state index in [1.165, 1.54) is 22.7 Å². The summed E-state index contributed by atoms with van der Waals surface area (Å²) in [6, 6.07) is 4.17. The summed E-state index contributed by atoms with van der Waals surface area (Å²) in [6.45, 7) is 5.28. The number of hydrogen-bond donors (Lipinski definition) is 0. The highest BCUT2D eigenvalue weighted by atomic mass is 15.5. The fourth-order valence-corrected chi connectivity index (χ4v) is 3.57. The first kappa shape index (κ1) is 14.1. The van der Waals surface area contributed by atoms with Gasteiger partial charge in [0.15, 0.2) is 0 Å². The van der Waals surface area contributed by atoms with Gasteiger partial charge in [0, 0.05) is 26.5 Å². The molecule has 6 nitrogen and oxygen atoms in total. The van der Waals surface area contributed by atoms with Crippen LogP contribution in [0.15, 0.2) is 36.9 Å². The minimum atomic E-state index is 0.299. The summed E-state index contributed by atoms with van der Waals surface area (Å²) in [7, 11) is 4.27. The molecule has 0 amide bonds. The second-order valence-electron chi connectivity index (χ2n) is 6.30. The van der Waals surface area contributed by atoms with Crippen molar-refractivity contribution < 1.29 is 0 Å².